The Bertz CT molecular complexity index is 271. The quantitative estimate of drug-likeness (QED) is 0.730. The Balaban J connectivity index is 2.12. The molecule has 1 saturated heterocycles. The highest BCUT2D eigenvalue weighted by atomic mass is 16.6. The lowest BCUT2D eigenvalue weighted by molar-refractivity contribution is -0.128. The topological polar surface area (TPSA) is 58.6 Å². The van der Waals surface area contributed by atoms with E-state index in [-0.39, 0.29) is 17.4 Å². The smallest absolute Gasteiger partial charge is 0.409 e. The normalized spacial score (nSPS) is 16.2. The molecule has 0 radical (unpaired) electrons. The third-order valence-electron chi connectivity index (χ3n) is 2.42. The Labute approximate surface area is 96.1 Å². The molecule has 92 valence electrons. The highest BCUT2D eigenvalue weighted by Crippen LogP contribution is 2.12. The fourth-order valence-electron chi connectivity index (χ4n) is 1.37. The molecule has 0 aromatic carbocycles. The van der Waals surface area contributed by atoms with Gasteiger partial charge in [0.25, 0.3) is 0 Å². The summed E-state index contributed by atoms with van der Waals surface area (Å²) < 4.78 is 4.80. The van der Waals surface area contributed by atoms with Crippen LogP contribution in [0.4, 0.5) is 4.79 Å². The Morgan fingerprint density at radius 3 is 2.69 bits per heavy atom. The number of nitrogens with zero attached hydrogens (tertiary/aromatic N) is 1. The van der Waals surface area contributed by atoms with Crippen molar-refractivity contribution in [3.63, 3.8) is 0 Å². The Kier molecular flexibility index (Phi) is 4.15. The molecule has 0 aromatic heterocycles. The number of rotatable bonds is 4. The first kappa shape index (κ1) is 12.8. The zero-order valence-electron chi connectivity index (χ0n) is 10.2. The molecule has 0 spiro atoms. The van der Waals surface area contributed by atoms with Crippen LogP contribution in [0.25, 0.3) is 0 Å². The van der Waals surface area contributed by atoms with E-state index >= 15 is 0 Å². The van der Waals surface area contributed by atoms with Crippen LogP contribution in [0.5, 0.6) is 0 Å². The van der Waals surface area contributed by atoms with E-state index in [1.54, 1.807) is 4.90 Å². The highest BCUT2D eigenvalue weighted by Gasteiger charge is 2.22. The summed E-state index contributed by atoms with van der Waals surface area (Å²) in [4.78, 5) is 24.2. The second kappa shape index (κ2) is 5.18. The lowest BCUT2D eigenvalue weighted by Crippen LogP contribution is -2.36. The number of cyclic esters (lactones) is 1. The van der Waals surface area contributed by atoms with Gasteiger partial charge in [-0.1, -0.05) is 20.8 Å². The molecule has 1 aliphatic heterocycles. The van der Waals surface area contributed by atoms with Crippen molar-refractivity contribution in [2.75, 3.05) is 26.2 Å². The molecule has 5 nitrogen and oxygen atoms in total. The molecule has 2 amide bonds. The van der Waals surface area contributed by atoms with Crippen molar-refractivity contribution in [3.05, 3.63) is 0 Å². The van der Waals surface area contributed by atoms with Gasteiger partial charge in [0.05, 0.1) is 6.54 Å². The number of amides is 2. The fraction of sp³-hybridized carbons (Fsp3) is 0.818. The Morgan fingerprint density at radius 2 is 2.19 bits per heavy atom. The largest absolute Gasteiger partial charge is 0.448 e. The number of carbonyl (C=O) groups excluding carboxylic acids is 2. The molecule has 1 fully saturated rings. The number of hydrogen-bond donors (Lipinski definition) is 1. The second-order valence-electron chi connectivity index (χ2n) is 4.96. The van der Waals surface area contributed by atoms with E-state index < -0.39 is 0 Å². The summed E-state index contributed by atoms with van der Waals surface area (Å²) in [5.41, 5.74) is -0.355. The van der Waals surface area contributed by atoms with Crippen LogP contribution in [-0.2, 0) is 9.53 Å². The molecule has 0 unspecified atom stereocenters. The maximum Gasteiger partial charge on any atom is 0.409 e. The second-order valence-corrected chi connectivity index (χ2v) is 4.96. The molecule has 5 heteroatoms. The molecule has 0 aromatic rings. The summed E-state index contributed by atoms with van der Waals surface area (Å²) in [5.74, 6) is 0.0384. The number of nitrogens with one attached hydrogen (secondary N) is 1. The maximum atomic E-state index is 11.5. The molecular formula is C11H20N2O3. The zero-order valence-corrected chi connectivity index (χ0v) is 10.2. The highest BCUT2D eigenvalue weighted by molar-refractivity contribution is 5.81. The van der Waals surface area contributed by atoms with Gasteiger partial charge in [0.15, 0.2) is 0 Å². The average molecular weight is 228 g/mol. The van der Waals surface area contributed by atoms with Crippen molar-refractivity contribution in [1.82, 2.24) is 10.2 Å². The number of carbonyl (C=O) groups is 2. The Morgan fingerprint density at radius 1 is 1.50 bits per heavy atom. The van der Waals surface area contributed by atoms with Gasteiger partial charge in [-0.15, -0.1) is 0 Å². The summed E-state index contributed by atoms with van der Waals surface area (Å²) in [6, 6.07) is 0. The number of ether oxygens (including phenoxy) is 1. The van der Waals surface area contributed by atoms with Gasteiger partial charge < -0.3 is 15.0 Å². The molecular weight excluding hydrogens is 208 g/mol. The van der Waals surface area contributed by atoms with Gasteiger partial charge in [-0.3, -0.25) is 4.79 Å². The van der Waals surface area contributed by atoms with Crippen molar-refractivity contribution in [2.24, 2.45) is 5.41 Å². The fourth-order valence-corrected chi connectivity index (χ4v) is 1.37. The SMILES string of the molecule is CC(C)(C)C(=O)NCCCN1CCOC1=O. The lowest BCUT2D eigenvalue weighted by Gasteiger charge is -2.18. The summed E-state index contributed by atoms with van der Waals surface area (Å²) >= 11 is 0. The lowest BCUT2D eigenvalue weighted by atomic mass is 9.96. The summed E-state index contributed by atoms with van der Waals surface area (Å²) in [6.45, 7) is 8.00. The van der Waals surface area contributed by atoms with Gasteiger partial charge in [0.2, 0.25) is 5.91 Å². The zero-order chi connectivity index (χ0) is 12.2. The van der Waals surface area contributed by atoms with E-state index in [9.17, 15) is 9.59 Å². The van der Waals surface area contributed by atoms with Crippen LogP contribution < -0.4 is 5.32 Å². The van der Waals surface area contributed by atoms with Crippen LogP contribution in [0.2, 0.25) is 0 Å². The molecule has 0 saturated carbocycles. The van der Waals surface area contributed by atoms with Crippen molar-refractivity contribution in [2.45, 2.75) is 27.2 Å². The molecule has 0 atom stereocenters. The van der Waals surface area contributed by atoms with E-state index in [2.05, 4.69) is 5.32 Å². The number of hydrogen-bond acceptors (Lipinski definition) is 3. The Hall–Kier alpha value is -1.26. The van der Waals surface area contributed by atoms with Crippen molar-refractivity contribution < 1.29 is 14.3 Å². The van der Waals surface area contributed by atoms with Crippen LogP contribution in [0, 0.1) is 5.41 Å². The molecule has 0 aliphatic carbocycles. The van der Waals surface area contributed by atoms with Crippen LogP contribution in [0.15, 0.2) is 0 Å². The van der Waals surface area contributed by atoms with Crippen LogP contribution in [-0.4, -0.2) is 43.1 Å². The van der Waals surface area contributed by atoms with E-state index in [1.165, 1.54) is 0 Å². The standard InChI is InChI=1S/C11H20N2O3/c1-11(2,3)9(14)12-5-4-6-13-7-8-16-10(13)15/h4-8H2,1-3H3,(H,12,14). The molecule has 0 bridgehead atoms. The predicted molar refractivity (Wildman–Crippen MR) is 60.0 cm³/mol. The van der Waals surface area contributed by atoms with Crippen LogP contribution in [0.1, 0.15) is 27.2 Å². The third-order valence-corrected chi connectivity index (χ3v) is 2.42. The summed E-state index contributed by atoms with van der Waals surface area (Å²) in [5, 5.41) is 2.84. The minimum Gasteiger partial charge on any atom is -0.448 e. The van der Waals surface area contributed by atoms with Gasteiger partial charge in [-0.25, -0.2) is 4.79 Å². The minimum absolute atomic E-state index is 0.0384. The minimum atomic E-state index is -0.355. The van der Waals surface area contributed by atoms with E-state index in [0.717, 1.165) is 6.42 Å². The van der Waals surface area contributed by atoms with Gasteiger partial charge >= 0.3 is 6.09 Å². The van der Waals surface area contributed by atoms with Gasteiger partial charge in [0.1, 0.15) is 6.61 Å². The summed E-state index contributed by atoms with van der Waals surface area (Å²) in [7, 11) is 0. The first-order valence-corrected chi connectivity index (χ1v) is 5.61. The molecule has 1 aliphatic rings. The molecule has 16 heavy (non-hydrogen) atoms. The van der Waals surface area contributed by atoms with Gasteiger partial charge in [-0.2, -0.15) is 0 Å². The maximum absolute atomic E-state index is 11.5. The van der Waals surface area contributed by atoms with Crippen molar-refractivity contribution in [1.29, 1.82) is 0 Å². The van der Waals surface area contributed by atoms with Gasteiger partial charge in [0, 0.05) is 18.5 Å². The first-order valence-electron chi connectivity index (χ1n) is 5.61. The van der Waals surface area contributed by atoms with Crippen molar-refractivity contribution >= 4 is 12.0 Å². The van der Waals surface area contributed by atoms with Crippen LogP contribution in [0.3, 0.4) is 0 Å². The summed E-state index contributed by atoms with van der Waals surface area (Å²) in [6.07, 6.45) is 0.513. The average Bonchev–Trinajstić information content (AvgIpc) is 2.57. The van der Waals surface area contributed by atoms with E-state index in [1.807, 2.05) is 20.8 Å². The van der Waals surface area contributed by atoms with E-state index in [0.29, 0.717) is 26.2 Å². The van der Waals surface area contributed by atoms with Gasteiger partial charge in [-0.05, 0) is 6.42 Å². The third kappa shape index (κ3) is 3.72. The predicted octanol–water partition coefficient (Wildman–Crippen LogP) is 0.991. The van der Waals surface area contributed by atoms with E-state index in [4.69, 9.17) is 4.74 Å². The molecule has 1 N–H and O–H groups in total. The first-order chi connectivity index (χ1) is 7.41. The molecule has 1 rings (SSSR count). The van der Waals surface area contributed by atoms with Crippen LogP contribution >= 0.6 is 0 Å². The van der Waals surface area contributed by atoms with Crippen molar-refractivity contribution in [3.8, 4) is 0 Å². The molecule has 1 heterocycles. The monoisotopic (exact) mass is 228 g/mol.